The Kier molecular flexibility index (Phi) is 11.2. The summed E-state index contributed by atoms with van der Waals surface area (Å²) in [6.45, 7) is 6.53. The molecule has 0 atom stereocenters. The summed E-state index contributed by atoms with van der Waals surface area (Å²) in [5, 5.41) is 7.84. The van der Waals surface area contributed by atoms with Gasteiger partial charge in [-0.2, -0.15) is 0 Å². The monoisotopic (exact) mass is 325 g/mol. The minimum absolute atomic E-state index is 0.0968. The zero-order valence-corrected chi connectivity index (χ0v) is 14.1. The van der Waals surface area contributed by atoms with Gasteiger partial charge in [0.05, 0.1) is 0 Å². The zero-order valence-electron chi connectivity index (χ0n) is 14.1. The first-order chi connectivity index (χ1) is 10.9. The lowest BCUT2D eigenvalue weighted by Crippen LogP contribution is -2.33. The number of carbonyl (C=O) groups excluding carboxylic acids is 4. The van der Waals surface area contributed by atoms with Crippen molar-refractivity contribution in [1.29, 1.82) is 0 Å². The highest BCUT2D eigenvalue weighted by atomic mass is 16.2. The number of rotatable bonds is 11. The van der Waals surface area contributed by atoms with Gasteiger partial charge in [0.2, 0.25) is 17.7 Å². The summed E-state index contributed by atoms with van der Waals surface area (Å²) in [7, 11) is 0. The van der Waals surface area contributed by atoms with Gasteiger partial charge in [0.1, 0.15) is 0 Å². The van der Waals surface area contributed by atoms with E-state index in [9.17, 15) is 19.2 Å². The largest absolute Gasteiger partial charge is 0.356 e. The molecule has 0 aliphatic rings. The van der Waals surface area contributed by atoms with Gasteiger partial charge in [-0.05, 0) is 12.5 Å². The van der Waals surface area contributed by atoms with Gasteiger partial charge >= 0.3 is 0 Å². The molecule has 0 radical (unpaired) electrons. The molecule has 0 rings (SSSR count). The Morgan fingerprint density at radius 2 is 1.35 bits per heavy atom. The molecule has 0 fully saturated rings. The zero-order chi connectivity index (χ0) is 17.7. The average Bonchev–Trinajstić information content (AvgIpc) is 2.50. The van der Waals surface area contributed by atoms with E-state index in [2.05, 4.69) is 16.0 Å². The van der Waals surface area contributed by atoms with Crippen LogP contribution >= 0.6 is 0 Å². The van der Waals surface area contributed by atoms with Crippen LogP contribution in [0.5, 0.6) is 0 Å². The Bertz CT molecular complexity index is 445. The minimum atomic E-state index is -0.411. The smallest absolute Gasteiger partial charge is 0.244 e. The van der Waals surface area contributed by atoms with Gasteiger partial charge in [-0.3, -0.25) is 19.2 Å². The molecule has 0 saturated carbocycles. The van der Waals surface area contributed by atoms with Gasteiger partial charge in [-0.15, -0.1) is 0 Å². The quantitative estimate of drug-likeness (QED) is 0.475. The molecule has 0 saturated heterocycles. The molecule has 0 aliphatic heterocycles. The van der Waals surface area contributed by atoms with Crippen LogP contribution in [0.15, 0.2) is 12.2 Å². The first kappa shape index (κ1) is 20.8. The van der Waals surface area contributed by atoms with Gasteiger partial charge in [0.15, 0.2) is 5.78 Å². The van der Waals surface area contributed by atoms with Crippen LogP contribution in [0.3, 0.4) is 0 Å². The molecule has 23 heavy (non-hydrogen) atoms. The molecule has 7 nitrogen and oxygen atoms in total. The van der Waals surface area contributed by atoms with Crippen LogP contribution in [0.4, 0.5) is 0 Å². The Hall–Kier alpha value is -2.18. The van der Waals surface area contributed by atoms with Crippen LogP contribution in [0.2, 0.25) is 0 Å². The van der Waals surface area contributed by atoms with Crippen LogP contribution < -0.4 is 16.0 Å². The van der Waals surface area contributed by atoms with Crippen LogP contribution in [-0.4, -0.2) is 43.1 Å². The summed E-state index contributed by atoms with van der Waals surface area (Å²) < 4.78 is 0. The van der Waals surface area contributed by atoms with Crippen LogP contribution in [0.25, 0.3) is 0 Å². The molecule has 0 aromatic carbocycles. The van der Waals surface area contributed by atoms with Gasteiger partial charge in [-0.25, -0.2) is 0 Å². The fourth-order valence-corrected chi connectivity index (χ4v) is 1.47. The molecule has 130 valence electrons. The molecular weight excluding hydrogens is 298 g/mol. The van der Waals surface area contributed by atoms with Crippen molar-refractivity contribution in [2.75, 3.05) is 19.6 Å². The lowest BCUT2D eigenvalue weighted by molar-refractivity contribution is -0.122. The van der Waals surface area contributed by atoms with E-state index < -0.39 is 5.91 Å². The summed E-state index contributed by atoms with van der Waals surface area (Å²) in [5.41, 5.74) is 0. The minimum Gasteiger partial charge on any atom is -0.356 e. The van der Waals surface area contributed by atoms with Crippen molar-refractivity contribution in [1.82, 2.24) is 16.0 Å². The van der Waals surface area contributed by atoms with Crippen molar-refractivity contribution in [2.24, 2.45) is 5.92 Å². The maximum Gasteiger partial charge on any atom is 0.244 e. The highest BCUT2D eigenvalue weighted by Crippen LogP contribution is 1.94. The number of carbonyl (C=O) groups is 4. The number of nitrogens with one attached hydrogen (secondary N) is 3. The molecule has 3 N–H and O–H groups in total. The van der Waals surface area contributed by atoms with Gasteiger partial charge in [0, 0.05) is 44.5 Å². The normalized spacial score (nSPS) is 10.6. The fourth-order valence-electron chi connectivity index (χ4n) is 1.47. The number of hydrogen-bond donors (Lipinski definition) is 3. The van der Waals surface area contributed by atoms with Gasteiger partial charge in [-0.1, -0.05) is 20.8 Å². The molecule has 0 aliphatic carbocycles. The fraction of sp³-hybridized carbons (Fsp3) is 0.625. The summed E-state index contributed by atoms with van der Waals surface area (Å²) >= 11 is 0. The first-order valence-electron chi connectivity index (χ1n) is 7.90. The summed E-state index contributed by atoms with van der Waals surface area (Å²) in [5.74, 6) is -1.03. The number of hydrogen-bond acceptors (Lipinski definition) is 4. The van der Waals surface area contributed by atoms with Crippen molar-refractivity contribution in [3.63, 3.8) is 0 Å². The van der Waals surface area contributed by atoms with E-state index in [-0.39, 0.29) is 49.4 Å². The predicted octanol–water partition coefficient (Wildman–Crippen LogP) is 0.307. The Morgan fingerprint density at radius 1 is 0.826 bits per heavy atom. The number of amides is 3. The lowest BCUT2D eigenvalue weighted by atomic mass is 10.1. The third-order valence-corrected chi connectivity index (χ3v) is 2.87. The third kappa shape index (κ3) is 12.1. The Balaban J connectivity index is 3.76. The van der Waals surface area contributed by atoms with Gasteiger partial charge < -0.3 is 16.0 Å². The van der Waals surface area contributed by atoms with E-state index in [1.807, 2.05) is 6.92 Å². The standard InChI is InChI=1S/C16H27N3O4/c1-4-9-17-15(22)7-11-19-16(23)8-10-18-14(21)6-5-13(20)12(2)3/h5-6,12H,4,7-11H2,1-3H3,(H,17,22)(H,18,21)(H,19,23)/b6-5-. The topological polar surface area (TPSA) is 104 Å². The van der Waals surface area contributed by atoms with E-state index in [0.717, 1.165) is 12.5 Å². The predicted molar refractivity (Wildman–Crippen MR) is 87.5 cm³/mol. The van der Waals surface area contributed by atoms with Crippen molar-refractivity contribution < 1.29 is 19.2 Å². The maximum atomic E-state index is 11.5. The van der Waals surface area contributed by atoms with Crippen molar-refractivity contribution in [3.8, 4) is 0 Å². The molecule has 0 bridgehead atoms. The molecule has 3 amide bonds. The first-order valence-corrected chi connectivity index (χ1v) is 7.90. The second-order valence-corrected chi connectivity index (χ2v) is 5.38. The average molecular weight is 325 g/mol. The highest BCUT2D eigenvalue weighted by Gasteiger charge is 2.05. The second-order valence-electron chi connectivity index (χ2n) is 5.38. The SMILES string of the molecule is CCCNC(=O)CCNC(=O)CCNC(=O)/C=C\C(=O)C(C)C. The van der Waals surface area contributed by atoms with Crippen molar-refractivity contribution >= 4 is 23.5 Å². The molecular formula is C16H27N3O4. The highest BCUT2D eigenvalue weighted by molar-refractivity contribution is 5.98. The van der Waals surface area contributed by atoms with Crippen LogP contribution in [-0.2, 0) is 19.2 Å². The van der Waals surface area contributed by atoms with E-state index in [0.29, 0.717) is 6.54 Å². The molecule has 0 heterocycles. The van der Waals surface area contributed by atoms with E-state index >= 15 is 0 Å². The Labute approximate surface area is 137 Å². The summed E-state index contributed by atoms with van der Waals surface area (Å²) in [6.07, 6.45) is 3.62. The van der Waals surface area contributed by atoms with E-state index in [1.165, 1.54) is 6.08 Å². The summed E-state index contributed by atoms with van der Waals surface area (Å²) in [6, 6.07) is 0. The maximum absolute atomic E-state index is 11.5. The Morgan fingerprint density at radius 3 is 1.87 bits per heavy atom. The number of ketones is 1. The van der Waals surface area contributed by atoms with Crippen molar-refractivity contribution in [2.45, 2.75) is 40.0 Å². The molecule has 0 spiro atoms. The van der Waals surface area contributed by atoms with Crippen molar-refractivity contribution in [3.05, 3.63) is 12.2 Å². The molecule has 7 heteroatoms. The molecule has 0 unspecified atom stereocenters. The molecule has 0 aromatic rings. The van der Waals surface area contributed by atoms with Crippen LogP contribution in [0.1, 0.15) is 40.0 Å². The summed E-state index contributed by atoms with van der Waals surface area (Å²) in [4.78, 5) is 45.5. The van der Waals surface area contributed by atoms with Crippen LogP contribution in [0, 0.1) is 5.92 Å². The van der Waals surface area contributed by atoms with E-state index in [4.69, 9.17) is 0 Å². The molecule has 0 aromatic heterocycles. The second kappa shape index (κ2) is 12.4. The number of allylic oxidation sites excluding steroid dienone is 1. The van der Waals surface area contributed by atoms with E-state index in [1.54, 1.807) is 13.8 Å². The van der Waals surface area contributed by atoms with Gasteiger partial charge in [0.25, 0.3) is 0 Å². The third-order valence-electron chi connectivity index (χ3n) is 2.87. The lowest BCUT2D eigenvalue weighted by Gasteiger charge is -2.06.